The Kier molecular flexibility index (Phi) is 5.67. The first-order chi connectivity index (χ1) is 9.33. The van der Waals surface area contributed by atoms with Crippen molar-refractivity contribution in [3.63, 3.8) is 0 Å². The highest BCUT2D eigenvalue weighted by Crippen LogP contribution is 2.31. The average molecular weight is 262 g/mol. The Bertz CT molecular complexity index is 358. The molecule has 1 aliphatic carbocycles. The smallest absolute Gasteiger partial charge is 0.119 e. The van der Waals surface area contributed by atoms with Gasteiger partial charge in [0.05, 0.1) is 6.61 Å². The van der Waals surface area contributed by atoms with Crippen LogP contribution in [0.15, 0.2) is 24.3 Å². The van der Waals surface area contributed by atoms with E-state index in [0.29, 0.717) is 6.61 Å². The van der Waals surface area contributed by atoms with Crippen LogP contribution < -0.4 is 16.0 Å². The van der Waals surface area contributed by atoms with E-state index in [1.807, 2.05) is 19.1 Å². The Labute approximate surface area is 116 Å². The molecule has 3 nitrogen and oxygen atoms in total. The normalized spacial score (nSPS) is 17.6. The third kappa shape index (κ3) is 4.22. The van der Waals surface area contributed by atoms with E-state index in [-0.39, 0.29) is 6.04 Å². The first-order valence-corrected chi connectivity index (χ1v) is 7.52. The highest BCUT2D eigenvalue weighted by atomic mass is 16.5. The van der Waals surface area contributed by atoms with Gasteiger partial charge in [0.25, 0.3) is 0 Å². The quantitative estimate of drug-likeness (QED) is 0.583. The molecule has 1 atom stereocenters. The van der Waals surface area contributed by atoms with Gasteiger partial charge in [0.2, 0.25) is 0 Å². The Balaban J connectivity index is 1.88. The zero-order chi connectivity index (χ0) is 13.5. The molecule has 1 saturated carbocycles. The summed E-state index contributed by atoms with van der Waals surface area (Å²) >= 11 is 0. The molecule has 1 unspecified atom stereocenters. The van der Waals surface area contributed by atoms with Gasteiger partial charge in [-0.1, -0.05) is 37.8 Å². The molecule has 106 valence electrons. The summed E-state index contributed by atoms with van der Waals surface area (Å²) < 4.78 is 5.46. The monoisotopic (exact) mass is 262 g/mol. The summed E-state index contributed by atoms with van der Waals surface area (Å²) in [6.45, 7) is 2.71. The van der Waals surface area contributed by atoms with E-state index in [2.05, 4.69) is 17.6 Å². The third-order valence-corrected chi connectivity index (χ3v) is 4.13. The van der Waals surface area contributed by atoms with Crippen LogP contribution in [0.25, 0.3) is 0 Å². The Hall–Kier alpha value is -1.06. The summed E-state index contributed by atoms with van der Waals surface area (Å²) in [5.74, 6) is 7.55. The van der Waals surface area contributed by atoms with Gasteiger partial charge in [-0.3, -0.25) is 11.3 Å². The molecule has 0 bridgehead atoms. The van der Waals surface area contributed by atoms with Crippen molar-refractivity contribution >= 4 is 0 Å². The van der Waals surface area contributed by atoms with Crippen LogP contribution in [0, 0.1) is 5.92 Å². The van der Waals surface area contributed by atoms with Gasteiger partial charge in [0, 0.05) is 6.04 Å². The summed E-state index contributed by atoms with van der Waals surface area (Å²) in [6, 6.07) is 8.54. The summed E-state index contributed by atoms with van der Waals surface area (Å²) in [4.78, 5) is 0. The van der Waals surface area contributed by atoms with Crippen molar-refractivity contribution in [3.8, 4) is 5.75 Å². The molecule has 1 aromatic rings. The van der Waals surface area contributed by atoms with Crippen LogP contribution >= 0.6 is 0 Å². The van der Waals surface area contributed by atoms with Gasteiger partial charge in [-0.25, -0.2) is 0 Å². The minimum atomic E-state index is 0.260. The minimum Gasteiger partial charge on any atom is -0.494 e. The van der Waals surface area contributed by atoms with Crippen LogP contribution in [0.2, 0.25) is 0 Å². The second kappa shape index (κ2) is 7.51. The molecule has 1 aromatic carbocycles. The molecule has 1 aliphatic rings. The fourth-order valence-corrected chi connectivity index (χ4v) is 3.01. The van der Waals surface area contributed by atoms with Crippen LogP contribution in [0.1, 0.15) is 57.1 Å². The molecule has 3 heteroatoms. The van der Waals surface area contributed by atoms with Crippen molar-refractivity contribution in [2.24, 2.45) is 11.8 Å². The van der Waals surface area contributed by atoms with Crippen molar-refractivity contribution in [2.75, 3.05) is 6.61 Å². The molecular formula is C16H26N2O. The first-order valence-electron chi connectivity index (χ1n) is 7.52. The van der Waals surface area contributed by atoms with E-state index < -0.39 is 0 Å². The van der Waals surface area contributed by atoms with Gasteiger partial charge in [0.15, 0.2) is 0 Å². The fraction of sp³-hybridized carbons (Fsp3) is 0.625. The van der Waals surface area contributed by atoms with E-state index in [4.69, 9.17) is 10.6 Å². The number of hydrogen-bond acceptors (Lipinski definition) is 3. The van der Waals surface area contributed by atoms with E-state index >= 15 is 0 Å². The zero-order valence-corrected chi connectivity index (χ0v) is 11.9. The average Bonchev–Trinajstić information content (AvgIpc) is 2.95. The van der Waals surface area contributed by atoms with Gasteiger partial charge >= 0.3 is 0 Å². The molecule has 0 spiro atoms. The molecule has 3 N–H and O–H groups in total. The van der Waals surface area contributed by atoms with Crippen molar-refractivity contribution in [2.45, 2.75) is 51.5 Å². The summed E-state index contributed by atoms with van der Waals surface area (Å²) in [6.07, 6.45) is 8.03. The molecule has 0 aliphatic heterocycles. The van der Waals surface area contributed by atoms with Crippen LogP contribution in [0.4, 0.5) is 0 Å². The maximum absolute atomic E-state index is 5.71. The minimum absolute atomic E-state index is 0.260. The number of hydrogen-bond donors (Lipinski definition) is 2. The van der Waals surface area contributed by atoms with Crippen LogP contribution in [0.3, 0.4) is 0 Å². The topological polar surface area (TPSA) is 47.3 Å². The van der Waals surface area contributed by atoms with Crippen LogP contribution in [-0.2, 0) is 0 Å². The molecule has 0 amide bonds. The number of nitrogens with two attached hydrogens (primary N) is 1. The zero-order valence-electron chi connectivity index (χ0n) is 11.9. The molecular weight excluding hydrogens is 236 g/mol. The molecule has 0 radical (unpaired) electrons. The molecule has 19 heavy (non-hydrogen) atoms. The van der Waals surface area contributed by atoms with E-state index in [1.165, 1.54) is 37.7 Å². The standard InChI is InChI=1S/C16H26N2O/c1-2-19-15-10-8-14(9-11-15)16(18-17)12-7-13-5-3-4-6-13/h8-11,13,16,18H,2-7,12,17H2,1H3. The number of ether oxygens (including phenoxy) is 1. The lowest BCUT2D eigenvalue weighted by molar-refractivity contribution is 0.340. The Morgan fingerprint density at radius 2 is 1.95 bits per heavy atom. The lowest BCUT2D eigenvalue weighted by Crippen LogP contribution is -2.28. The largest absolute Gasteiger partial charge is 0.494 e. The summed E-state index contributed by atoms with van der Waals surface area (Å²) in [7, 11) is 0. The number of hydrazine groups is 1. The van der Waals surface area contributed by atoms with E-state index in [0.717, 1.165) is 18.1 Å². The second-order valence-electron chi connectivity index (χ2n) is 5.45. The summed E-state index contributed by atoms with van der Waals surface area (Å²) in [5, 5.41) is 0. The van der Waals surface area contributed by atoms with Gasteiger partial charge in [0.1, 0.15) is 5.75 Å². The maximum Gasteiger partial charge on any atom is 0.119 e. The van der Waals surface area contributed by atoms with Crippen LogP contribution in [-0.4, -0.2) is 6.61 Å². The molecule has 0 saturated heterocycles. The fourth-order valence-electron chi connectivity index (χ4n) is 3.01. The van der Waals surface area contributed by atoms with Crippen molar-refractivity contribution in [1.29, 1.82) is 0 Å². The molecule has 2 rings (SSSR count). The van der Waals surface area contributed by atoms with E-state index in [9.17, 15) is 0 Å². The van der Waals surface area contributed by atoms with Crippen molar-refractivity contribution < 1.29 is 4.74 Å². The summed E-state index contributed by atoms with van der Waals surface area (Å²) in [5.41, 5.74) is 4.21. The molecule has 1 fully saturated rings. The first kappa shape index (κ1) is 14.4. The SMILES string of the molecule is CCOc1ccc(C(CCC2CCCC2)NN)cc1. The van der Waals surface area contributed by atoms with Crippen LogP contribution in [0.5, 0.6) is 5.75 Å². The lowest BCUT2D eigenvalue weighted by atomic mass is 9.95. The number of rotatable bonds is 7. The van der Waals surface area contributed by atoms with E-state index in [1.54, 1.807) is 0 Å². The Morgan fingerprint density at radius 1 is 1.26 bits per heavy atom. The molecule has 0 aromatic heterocycles. The predicted octanol–water partition coefficient (Wildman–Crippen LogP) is 3.56. The lowest BCUT2D eigenvalue weighted by Gasteiger charge is -2.19. The highest BCUT2D eigenvalue weighted by molar-refractivity contribution is 5.29. The highest BCUT2D eigenvalue weighted by Gasteiger charge is 2.17. The number of nitrogens with one attached hydrogen (secondary N) is 1. The second-order valence-corrected chi connectivity index (χ2v) is 5.45. The van der Waals surface area contributed by atoms with Gasteiger partial charge < -0.3 is 4.74 Å². The Morgan fingerprint density at radius 3 is 2.53 bits per heavy atom. The van der Waals surface area contributed by atoms with Gasteiger partial charge in [-0.2, -0.15) is 0 Å². The molecule has 0 heterocycles. The third-order valence-electron chi connectivity index (χ3n) is 4.13. The number of benzene rings is 1. The van der Waals surface area contributed by atoms with Crippen molar-refractivity contribution in [3.05, 3.63) is 29.8 Å². The van der Waals surface area contributed by atoms with Gasteiger partial charge in [-0.05, 0) is 43.4 Å². The van der Waals surface area contributed by atoms with Crippen molar-refractivity contribution in [1.82, 2.24) is 5.43 Å². The van der Waals surface area contributed by atoms with Gasteiger partial charge in [-0.15, -0.1) is 0 Å². The maximum atomic E-state index is 5.71. The predicted molar refractivity (Wildman–Crippen MR) is 78.9 cm³/mol.